The van der Waals surface area contributed by atoms with Crippen molar-refractivity contribution in [1.82, 2.24) is 5.32 Å². The second-order valence-corrected chi connectivity index (χ2v) is 3.67. The van der Waals surface area contributed by atoms with E-state index in [2.05, 4.69) is 28.2 Å². The highest BCUT2D eigenvalue weighted by Crippen LogP contribution is 2.26. The highest BCUT2D eigenvalue weighted by molar-refractivity contribution is 9.10. The molecule has 0 aromatic carbocycles. The molecule has 0 atom stereocenters. The van der Waals surface area contributed by atoms with Crippen LogP contribution in [0.3, 0.4) is 0 Å². The molecule has 68 valence electrons. The standard InChI is InChI=1S/C9H14BrNO/c1-6-8(4-5-11-3)12-7(2)9(6)10/h11H,4-5H2,1-3H3. The smallest absolute Gasteiger partial charge is 0.115 e. The summed E-state index contributed by atoms with van der Waals surface area (Å²) in [5, 5.41) is 3.10. The Bertz CT molecular complexity index is 268. The van der Waals surface area contributed by atoms with Crippen molar-refractivity contribution in [2.45, 2.75) is 20.3 Å². The van der Waals surface area contributed by atoms with Crippen molar-refractivity contribution in [2.24, 2.45) is 0 Å². The van der Waals surface area contributed by atoms with Gasteiger partial charge in [-0.3, -0.25) is 0 Å². The largest absolute Gasteiger partial charge is 0.465 e. The van der Waals surface area contributed by atoms with E-state index in [4.69, 9.17) is 4.42 Å². The van der Waals surface area contributed by atoms with E-state index in [1.165, 1.54) is 5.56 Å². The van der Waals surface area contributed by atoms with Crippen LogP contribution in [0.1, 0.15) is 17.1 Å². The van der Waals surface area contributed by atoms with Crippen LogP contribution in [0.2, 0.25) is 0 Å². The minimum atomic E-state index is 0.953. The molecule has 2 nitrogen and oxygen atoms in total. The van der Waals surface area contributed by atoms with Crippen LogP contribution in [0.5, 0.6) is 0 Å². The first-order valence-electron chi connectivity index (χ1n) is 4.05. The van der Waals surface area contributed by atoms with Crippen LogP contribution in [0, 0.1) is 13.8 Å². The maximum atomic E-state index is 5.56. The number of furan rings is 1. The van der Waals surface area contributed by atoms with Gasteiger partial charge in [-0.1, -0.05) is 0 Å². The second kappa shape index (κ2) is 4.10. The van der Waals surface area contributed by atoms with Crippen molar-refractivity contribution in [1.29, 1.82) is 0 Å². The van der Waals surface area contributed by atoms with Gasteiger partial charge in [0.2, 0.25) is 0 Å². The van der Waals surface area contributed by atoms with Crippen molar-refractivity contribution < 1.29 is 4.42 Å². The fraction of sp³-hybridized carbons (Fsp3) is 0.556. The van der Waals surface area contributed by atoms with Gasteiger partial charge in [0, 0.05) is 18.5 Å². The predicted octanol–water partition coefficient (Wildman–Crippen LogP) is 2.42. The summed E-state index contributed by atoms with van der Waals surface area (Å²) in [6.45, 7) is 5.01. The quantitative estimate of drug-likeness (QED) is 0.865. The highest BCUT2D eigenvalue weighted by atomic mass is 79.9. The lowest BCUT2D eigenvalue weighted by atomic mass is 10.2. The highest BCUT2D eigenvalue weighted by Gasteiger charge is 2.10. The summed E-state index contributed by atoms with van der Waals surface area (Å²) in [4.78, 5) is 0. The number of rotatable bonds is 3. The van der Waals surface area contributed by atoms with Crippen LogP contribution in [-0.2, 0) is 6.42 Å². The van der Waals surface area contributed by atoms with E-state index in [-0.39, 0.29) is 0 Å². The zero-order chi connectivity index (χ0) is 9.14. The van der Waals surface area contributed by atoms with Crippen molar-refractivity contribution in [3.05, 3.63) is 21.6 Å². The Hall–Kier alpha value is -0.280. The fourth-order valence-electron chi connectivity index (χ4n) is 1.17. The molecule has 1 rings (SSSR count). The molecule has 0 radical (unpaired) electrons. The Morgan fingerprint density at radius 2 is 2.08 bits per heavy atom. The third kappa shape index (κ3) is 1.90. The molecule has 0 aliphatic rings. The molecule has 1 N–H and O–H groups in total. The summed E-state index contributed by atoms with van der Waals surface area (Å²) in [5.41, 5.74) is 1.22. The van der Waals surface area contributed by atoms with E-state index >= 15 is 0 Å². The summed E-state index contributed by atoms with van der Waals surface area (Å²) < 4.78 is 6.67. The first kappa shape index (κ1) is 9.81. The third-order valence-electron chi connectivity index (χ3n) is 1.93. The van der Waals surface area contributed by atoms with Gasteiger partial charge >= 0.3 is 0 Å². The average Bonchev–Trinajstić information content (AvgIpc) is 2.30. The van der Waals surface area contributed by atoms with Crippen LogP contribution in [0.15, 0.2) is 8.89 Å². The second-order valence-electron chi connectivity index (χ2n) is 2.87. The zero-order valence-corrected chi connectivity index (χ0v) is 9.29. The summed E-state index contributed by atoms with van der Waals surface area (Å²) in [6, 6.07) is 0. The molecule has 1 heterocycles. The molecule has 12 heavy (non-hydrogen) atoms. The Morgan fingerprint density at radius 3 is 2.50 bits per heavy atom. The summed E-state index contributed by atoms with van der Waals surface area (Å²) in [5.74, 6) is 2.05. The molecule has 0 saturated carbocycles. The molecular formula is C9H14BrNO. The van der Waals surface area contributed by atoms with Gasteiger partial charge in [0.05, 0.1) is 4.47 Å². The van der Waals surface area contributed by atoms with E-state index in [0.29, 0.717) is 0 Å². The Kier molecular flexibility index (Phi) is 3.35. The van der Waals surface area contributed by atoms with Gasteiger partial charge in [-0.25, -0.2) is 0 Å². The molecule has 3 heteroatoms. The van der Waals surface area contributed by atoms with E-state index in [1.807, 2.05) is 14.0 Å². The molecule has 0 amide bonds. The van der Waals surface area contributed by atoms with Crippen LogP contribution < -0.4 is 5.32 Å². The lowest BCUT2D eigenvalue weighted by Gasteiger charge is -1.96. The van der Waals surface area contributed by atoms with Gasteiger partial charge < -0.3 is 9.73 Å². The molecule has 0 saturated heterocycles. The van der Waals surface area contributed by atoms with Gasteiger partial charge in [0.1, 0.15) is 11.5 Å². The zero-order valence-electron chi connectivity index (χ0n) is 7.70. The topological polar surface area (TPSA) is 25.2 Å². The number of hydrogen-bond acceptors (Lipinski definition) is 2. The SMILES string of the molecule is CNCCc1oc(C)c(Br)c1C. The van der Waals surface area contributed by atoms with Crippen molar-refractivity contribution in [2.75, 3.05) is 13.6 Å². The van der Waals surface area contributed by atoms with Gasteiger partial charge in [-0.05, 0) is 36.8 Å². The van der Waals surface area contributed by atoms with Gasteiger partial charge in [0.25, 0.3) is 0 Å². The maximum absolute atomic E-state index is 5.56. The monoisotopic (exact) mass is 231 g/mol. The molecule has 1 aromatic heterocycles. The van der Waals surface area contributed by atoms with Gasteiger partial charge in [-0.15, -0.1) is 0 Å². The lowest BCUT2D eigenvalue weighted by molar-refractivity contribution is 0.476. The molecule has 0 unspecified atom stereocenters. The van der Waals surface area contributed by atoms with E-state index in [9.17, 15) is 0 Å². The van der Waals surface area contributed by atoms with Crippen LogP contribution >= 0.6 is 15.9 Å². The lowest BCUT2D eigenvalue weighted by Crippen LogP contribution is -2.10. The normalized spacial score (nSPS) is 10.7. The predicted molar refractivity (Wildman–Crippen MR) is 53.5 cm³/mol. The van der Waals surface area contributed by atoms with E-state index in [0.717, 1.165) is 29.0 Å². The van der Waals surface area contributed by atoms with Crippen molar-refractivity contribution in [3.63, 3.8) is 0 Å². The molecule has 1 aromatic rings. The Morgan fingerprint density at radius 1 is 1.42 bits per heavy atom. The summed E-state index contributed by atoms with van der Waals surface area (Å²) in [6.07, 6.45) is 0.953. The molecular weight excluding hydrogens is 218 g/mol. The number of aryl methyl sites for hydroxylation is 1. The minimum Gasteiger partial charge on any atom is -0.465 e. The summed E-state index contributed by atoms with van der Waals surface area (Å²) in [7, 11) is 1.94. The number of likely N-dealkylation sites (N-methyl/N-ethyl adjacent to an activating group) is 1. The average molecular weight is 232 g/mol. The van der Waals surface area contributed by atoms with E-state index in [1.54, 1.807) is 0 Å². The van der Waals surface area contributed by atoms with Crippen LogP contribution in [0.25, 0.3) is 0 Å². The Balaban J connectivity index is 2.79. The maximum Gasteiger partial charge on any atom is 0.115 e. The number of nitrogens with one attached hydrogen (secondary N) is 1. The van der Waals surface area contributed by atoms with Gasteiger partial charge in [0.15, 0.2) is 0 Å². The van der Waals surface area contributed by atoms with Crippen LogP contribution in [0.4, 0.5) is 0 Å². The Labute approximate surface area is 81.5 Å². The minimum absolute atomic E-state index is 0.953. The van der Waals surface area contributed by atoms with Crippen LogP contribution in [-0.4, -0.2) is 13.6 Å². The number of halogens is 1. The summed E-state index contributed by atoms with van der Waals surface area (Å²) >= 11 is 3.48. The van der Waals surface area contributed by atoms with Gasteiger partial charge in [-0.2, -0.15) is 0 Å². The molecule has 0 fully saturated rings. The molecule has 0 spiro atoms. The van der Waals surface area contributed by atoms with Crippen molar-refractivity contribution in [3.8, 4) is 0 Å². The van der Waals surface area contributed by atoms with E-state index < -0.39 is 0 Å². The first-order valence-corrected chi connectivity index (χ1v) is 4.85. The van der Waals surface area contributed by atoms with Crippen molar-refractivity contribution >= 4 is 15.9 Å². The fourth-order valence-corrected chi connectivity index (χ4v) is 1.47. The number of hydrogen-bond donors (Lipinski definition) is 1. The molecule has 0 bridgehead atoms. The molecule has 0 aliphatic heterocycles. The first-order chi connectivity index (χ1) is 5.66. The third-order valence-corrected chi connectivity index (χ3v) is 3.09. The molecule has 0 aliphatic carbocycles.